The number of likely N-dealkylation sites (N-methyl/N-ethyl adjacent to an activating group) is 1. The topological polar surface area (TPSA) is 102 Å². The van der Waals surface area contributed by atoms with Crippen molar-refractivity contribution in [1.29, 1.82) is 0 Å². The zero-order chi connectivity index (χ0) is 24.1. The van der Waals surface area contributed by atoms with Crippen LogP contribution in [-0.4, -0.2) is 78.2 Å². The summed E-state index contributed by atoms with van der Waals surface area (Å²) < 4.78 is 42.0. The molecule has 180 valence electrons. The summed E-state index contributed by atoms with van der Waals surface area (Å²) >= 11 is 0. The van der Waals surface area contributed by atoms with Crippen molar-refractivity contribution < 1.29 is 37.7 Å². The number of amides is 2. The molecule has 0 aliphatic carbocycles. The molecule has 0 radical (unpaired) electrons. The van der Waals surface area contributed by atoms with Crippen LogP contribution >= 0.6 is 0 Å². The molecule has 1 aromatic carbocycles. The van der Waals surface area contributed by atoms with Crippen LogP contribution in [0.5, 0.6) is 5.75 Å². The van der Waals surface area contributed by atoms with Gasteiger partial charge in [-0.1, -0.05) is 12.1 Å². The van der Waals surface area contributed by atoms with E-state index in [2.05, 4.69) is 10.1 Å². The molecule has 2 rings (SSSR count). The van der Waals surface area contributed by atoms with Crippen molar-refractivity contribution in [3.63, 3.8) is 0 Å². The minimum atomic E-state index is -4.78. The van der Waals surface area contributed by atoms with Gasteiger partial charge in [0, 0.05) is 32.7 Å². The summed E-state index contributed by atoms with van der Waals surface area (Å²) in [4.78, 5) is 27.3. The minimum absolute atomic E-state index is 0.0317. The maximum absolute atomic E-state index is 12.6. The van der Waals surface area contributed by atoms with Crippen LogP contribution in [0.2, 0.25) is 0 Å². The van der Waals surface area contributed by atoms with Crippen molar-refractivity contribution in [1.82, 2.24) is 10.2 Å². The number of hydrogen-bond donors (Lipinski definition) is 3. The lowest BCUT2D eigenvalue weighted by Crippen LogP contribution is -2.52. The molecular formula is C21H30F3N3O5. The summed E-state index contributed by atoms with van der Waals surface area (Å²) in [6.45, 7) is 4.60. The number of piperidine rings is 1. The number of nitrogens with one attached hydrogen (secondary N) is 1. The van der Waals surface area contributed by atoms with E-state index >= 15 is 0 Å². The van der Waals surface area contributed by atoms with E-state index in [1.54, 1.807) is 30.9 Å². The minimum Gasteiger partial charge on any atom is -0.404 e. The molecule has 1 aliphatic heterocycles. The number of ether oxygens (including phenoxy) is 1. The van der Waals surface area contributed by atoms with Crippen molar-refractivity contribution in [2.24, 2.45) is 5.92 Å². The van der Waals surface area contributed by atoms with Crippen LogP contribution < -0.4 is 15.0 Å². The molecule has 32 heavy (non-hydrogen) atoms. The predicted octanol–water partition coefficient (Wildman–Crippen LogP) is 1.51. The highest BCUT2D eigenvalue weighted by Crippen LogP contribution is 2.34. The fourth-order valence-corrected chi connectivity index (χ4v) is 3.40. The summed E-state index contributed by atoms with van der Waals surface area (Å²) in [5, 5.41) is 22.5. The Labute approximate surface area is 184 Å². The Balaban J connectivity index is 1.85. The van der Waals surface area contributed by atoms with Crippen LogP contribution in [0.1, 0.15) is 26.7 Å². The lowest BCUT2D eigenvalue weighted by Gasteiger charge is -2.34. The van der Waals surface area contributed by atoms with E-state index in [1.807, 2.05) is 0 Å². The molecule has 0 aromatic heterocycles. The monoisotopic (exact) mass is 461 g/mol. The molecule has 1 fully saturated rings. The maximum Gasteiger partial charge on any atom is 0.573 e. The number of benzene rings is 1. The van der Waals surface area contributed by atoms with Gasteiger partial charge in [0.2, 0.25) is 0 Å². The maximum atomic E-state index is 12.6. The highest BCUT2D eigenvalue weighted by atomic mass is 19.4. The van der Waals surface area contributed by atoms with Gasteiger partial charge >= 0.3 is 6.36 Å². The van der Waals surface area contributed by atoms with Crippen LogP contribution in [0.25, 0.3) is 0 Å². The standard InChI is InChI=1S/C21H30F3N3O5/c1-13(2)26(3)20(31)18(29)17(28)19(30)25-12-14-8-10-27(11-9-14)15-6-4-5-7-16(15)32-21(22,23)24/h4-7,13-14,17-18,28-29H,8-12H2,1-3H3,(H,25,30)/t17-,18-/m1/s1. The fraction of sp³-hybridized carbons (Fsp3) is 0.619. The van der Waals surface area contributed by atoms with Crippen LogP contribution in [0.4, 0.5) is 18.9 Å². The van der Waals surface area contributed by atoms with Gasteiger partial charge in [0.1, 0.15) is 0 Å². The molecule has 2 amide bonds. The number of nitrogens with zero attached hydrogens (tertiary/aromatic N) is 2. The number of halogens is 3. The summed E-state index contributed by atoms with van der Waals surface area (Å²) in [5.41, 5.74) is 0.346. The number of para-hydroxylation sites is 2. The number of alkyl halides is 3. The number of aliphatic hydroxyl groups is 2. The normalized spacial score (nSPS) is 17.1. The molecule has 0 spiro atoms. The van der Waals surface area contributed by atoms with Crippen LogP contribution in [0.15, 0.2) is 24.3 Å². The van der Waals surface area contributed by atoms with E-state index in [4.69, 9.17) is 0 Å². The van der Waals surface area contributed by atoms with Gasteiger partial charge in [-0.2, -0.15) is 0 Å². The largest absolute Gasteiger partial charge is 0.573 e. The van der Waals surface area contributed by atoms with Crippen LogP contribution in [0, 0.1) is 5.92 Å². The first kappa shape index (κ1) is 25.7. The Bertz CT molecular complexity index is 782. The van der Waals surface area contributed by atoms with E-state index in [1.165, 1.54) is 24.1 Å². The Morgan fingerprint density at radius 3 is 2.34 bits per heavy atom. The van der Waals surface area contributed by atoms with Gasteiger partial charge < -0.3 is 30.1 Å². The molecule has 3 N–H and O–H groups in total. The Hall–Kier alpha value is -2.53. The van der Waals surface area contributed by atoms with Gasteiger partial charge in [-0.25, -0.2) is 0 Å². The summed E-state index contributed by atoms with van der Waals surface area (Å²) in [6.07, 6.45) is -7.36. The summed E-state index contributed by atoms with van der Waals surface area (Å²) in [7, 11) is 1.46. The lowest BCUT2D eigenvalue weighted by molar-refractivity contribution is -0.274. The highest BCUT2D eigenvalue weighted by Gasteiger charge is 2.34. The number of anilines is 1. The first-order valence-electron chi connectivity index (χ1n) is 10.4. The smallest absolute Gasteiger partial charge is 0.404 e. The number of carbonyl (C=O) groups is 2. The summed E-state index contributed by atoms with van der Waals surface area (Å²) in [6, 6.07) is 5.72. The average molecular weight is 461 g/mol. The Morgan fingerprint density at radius 2 is 1.78 bits per heavy atom. The molecule has 1 heterocycles. The van der Waals surface area contributed by atoms with E-state index in [-0.39, 0.29) is 24.3 Å². The molecule has 11 heteroatoms. The van der Waals surface area contributed by atoms with E-state index in [0.717, 1.165) is 0 Å². The van der Waals surface area contributed by atoms with Gasteiger partial charge in [0.05, 0.1) is 5.69 Å². The van der Waals surface area contributed by atoms with Gasteiger partial charge in [0.25, 0.3) is 11.8 Å². The number of carbonyl (C=O) groups excluding carboxylic acids is 2. The fourth-order valence-electron chi connectivity index (χ4n) is 3.40. The molecule has 0 unspecified atom stereocenters. The van der Waals surface area contributed by atoms with Crippen molar-refractivity contribution in [2.45, 2.75) is 51.3 Å². The number of aliphatic hydroxyl groups excluding tert-OH is 2. The second kappa shape index (κ2) is 10.9. The van der Waals surface area contributed by atoms with E-state index < -0.39 is 30.4 Å². The zero-order valence-corrected chi connectivity index (χ0v) is 18.3. The first-order valence-corrected chi connectivity index (χ1v) is 10.4. The van der Waals surface area contributed by atoms with Gasteiger partial charge in [0.15, 0.2) is 18.0 Å². The molecule has 1 aliphatic rings. The number of rotatable bonds is 8. The second-order valence-electron chi connectivity index (χ2n) is 8.12. The molecule has 8 nitrogen and oxygen atoms in total. The molecule has 1 aromatic rings. The van der Waals surface area contributed by atoms with Gasteiger partial charge in [-0.15, -0.1) is 13.2 Å². The molecular weight excluding hydrogens is 431 g/mol. The van der Waals surface area contributed by atoms with Crippen molar-refractivity contribution in [2.75, 3.05) is 31.6 Å². The third-order valence-corrected chi connectivity index (χ3v) is 5.55. The Kier molecular flexibility index (Phi) is 8.73. The molecule has 0 saturated carbocycles. The quantitative estimate of drug-likeness (QED) is 0.543. The Morgan fingerprint density at radius 1 is 1.19 bits per heavy atom. The third kappa shape index (κ3) is 6.99. The molecule has 1 saturated heterocycles. The zero-order valence-electron chi connectivity index (χ0n) is 18.3. The number of hydrogen-bond acceptors (Lipinski definition) is 6. The van der Waals surface area contributed by atoms with E-state index in [9.17, 15) is 33.0 Å². The van der Waals surface area contributed by atoms with Crippen molar-refractivity contribution in [3.05, 3.63) is 24.3 Å². The SMILES string of the molecule is CC(C)N(C)C(=O)[C@H](O)[C@@H](O)C(=O)NCC1CCN(c2ccccc2OC(F)(F)F)CC1. The highest BCUT2D eigenvalue weighted by molar-refractivity contribution is 5.90. The summed E-state index contributed by atoms with van der Waals surface area (Å²) in [5.74, 6) is -1.84. The van der Waals surface area contributed by atoms with Gasteiger partial charge in [-0.05, 0) is 44.7 Å². The van der Waals surface area contributed by atoms with E-state index in [0.29, 0.717) is 31.6 Å². The molecule has 2 atom stereocenters. The average Bonchev–Trinajstić information content (AvgIpc) is 2.75. The predicted molar refractivity (Wildman–Crippen MR) is 111 cm³/mol. The van der Waals surface area contributed by atoms with Crippen molar-refractivity contribution in [3.8, 4) is 5.75 Å². The van der Waals surface area contributed by atoms with Crippen LogP contribution in [0.3, 0.4) is 0 Å². The first-order chi connectivity index (χ1) is 14.9. The lowest BCUT2D eigenvalue weighted by atomic mass is 9.96. The third-order valence-electron chi connectivity index (χ3n) is 5.55. The van der Waals surface area contributed by atoms with Crippen LogP contribution in [-0.2, 0) is 9.59 Å². The van der Waals surface area contributed by atoms with Crippen molar-refractivity contribution >= 4 is 17.5 Å². The molecule has 0 bridgehead atoms. The second-order valence-corrected chi connectivity index (χ2v) is 8.12. The van der Waals surface area contributed by atoms with Gasteiger partial charge in [-0.3, -0.25) is 9.59 Å².